The monoisotopic (exact) mass is 412 g/mol. The second-order valence-corrected chi connectivity index (χ2v) is 7.45. The molecule has 2 N–H and O–H groups in total. The van der Waals surface area contributed by atoms with Crippen LogP contribution < -0.4 is 20.3 Å². The number of nitrogens with one attached hydrogen (secondary N) is 2. The topological polar surface area (TPSA) is 96.7 Å². The number of nitro benzene ring substituents is 1. The van der Waals surface area contributed by atoms with E-state index in [-0.39, 0.29) is 17.3 Å². The number of carbonyl (C=O) groups is 1. The summed E-state index contributed by atoms with van der Waals surface area (Å²) in [5.41, 5.74) is 2.35. The molecule has 30 heavy (non-hydrogen) atoms. The largest absolute Gasteiger partial charge is 0.494 e. The first kappa shape index (κ1) is 21.4. The van der Waals surface area contributed by atoms with Crippen molar-refractivity contribution in [2.24, 2.45) is 0 Å². The highest BCUT2D eigenvalue weighted by Gasteiger charge is 2.17. The lowest BCUT2D eigenvalue weighted by Gasteiger charge is -2.23. The van der Waals surface area contributed by atoms with Gasteiger partial charge in [0.1, 0.15) is 11.8 Å². The number of amides is 1. The normalized spacial score (nSPS) is 15.1. The molecule has 1 heterocycles. The van der Waals surface area contributed by atoms with Gasteiger partial charge in [0.25, 0.3) is 5.69 Å². The fourth-order valence-electron chi connectivity index (χ4n) is 3.55. The minimum absolute atomic E-state index is 0.0967. The van der Waals surface area contributed by atoms with Crippen molar-refractivity contribution in [2.75, 3.05) is 35.7 Å². The van der Waals surface area contributed by atoms with E-state index in [9.17, 15) is 14.9 Å². The molecule has 8 nitrogen and oxygen atoms in total. The Labute approximate surface area is 176 Å². The van der Waals surface area contributed by atoms with Crippen LogP contribution in [0.4, 0.5) is 22.7 Å². The Morgan fingerprint density at radius 1 is 1.10 bits per heavy atom. The quantitative estimate of drug-likeness (QED) is 0.516. The first-order valence-corrected chi connectivity index (χ1v) is 10.2. The van der Waals surface area contributed by atoms with Crippen LogP contribution in [0.3, 0.4) is 0 Å². The van der Waals surface area contributed by atoms with Gasteiger partial charge >= 0.3 is 0 Å². The van der Waals surface area contributed by atoms with Crippen molar-refractivity contribution in [1.82, 2.24) is 0 Å². The third kappa shape index (κ3) is 5.40. The lowest BCUT2D eigenvalue weighted by Crippen LogP contribution is -2.32. The highest BCUT2D eigenvalue weighted by Crippen LogP contribution is 2.29. The second-order valence-electron chi connectivity index (χ2n) is 7.45. The van der Waals surface area contributed by atoms with Gasteiger partial charge in [-0.25, -0.2) is 0 Å². The molecule has 1 aliphatic heterocycles. The Bertz CT molecular complexity index is 877. The number of non-ortho nitro benzene ring substituents is 1. The van der Waals surface area contributed by atoms with Crippen LogP contribution in [-0.4, -0.2) is 37.1 Å². The summed E-state index contributed by atoms with van der Waals surface area (Å²) in [7, 11) is 1.41. The molecule has 8 heteroatoms. The second kappa shape index (κ2) is 9.96. The number of carbonyl (C=O) groups excluding carboxylic acids is 1. The molecule has 1 saturated heterocycles. The van der Waals surface area contributed by atoms with Crippen LogP contribution in [0.2, 0.25) is 0 Å². The average molecular weight is 412 g/mol. The average Bonchev–Trinajstić information content (AvgIpc) is 3.04. The van der Waals surface area contributed by atoms with Gasteiger partial charge in [-0.3, -0.25) is 14.9 Å². The van der Waals surface area contributed by atoms with Gasteiger partial charge in [-0.05, 0) is 50.1 Å². The summed E-state index contributed by atoms with van der Waals surface area (Å²) in [5, 5.41) is 16.9. The van der Waals surface area contributed by atoms with E-state index in [1.54, 1.807) is 6.92 Å². The van der Waals surface area contributed by atoms with Crippen molar-refractivity contribution < 1.29 is 14.5 Å². The van der Waals surface area contributed by atoms with E-state index in [4.69, 9.17) is 4.74 Å². The number of nitro groups is 1. The van der Waals surface area contributed by atoms with E-state index in [1.165, 1.54) is 56.7 Å². The first-order valence-electron chi connectivity index (χ1n) is 10.2. The van der Waals surface area contributed by atoms with Crippen LogP contribution >= 0.6 is 0 Å². The number of methoxy groups -OCH3 is 1. The molecule has 0 radical (unpaired) electrons. The van der Waals surface area contributed by atoms with Crippen molar-refractivity contribution in [2.45, 2.75) is 38.6 Å². The first-order chi connectivity index (χ1) is 14.5. The summed E-state index contributed by atoms with van der Waals surface area (Å²) >= 11 is 0. The summed E-state index contributed by atoms with van der Waals surface area (Å²) in [5.74, 6) is -0.0229. The van der Waals surface area contributed by atoms with Crippen molar-refractivity contribution in [3.8, 4) is 5.75 Å². The predicted octanol–water partition coefficient (Wildman–Crippen LogP) is 4.42. The fourth-order valence-corrected chi connectivity index (χ4v) is 3.55. The van der Waals surface area contributed by atoms with Crippen LogP contribution in [0.15, 0.2) is 42.5 Å². The van der Waals surface area contributed by atoms with Gasteiger partial charge in [0.05, 0.1) is 23.8 Å². The Hall–Kier alpha value is -3.29. The van der Waals surface area contributed by atoms with Gasteiger partial charge < -0.3 is 20.3 Å². The third-order valence-electron chi connectivity index (χ3n) is 5.27. The molecule has 160 valence electrons. The van der Waals surface area contributed by atoms with E-state index < -0.39 is 11.0 Å². The lowest BCUT2D eigenvalue weighted by atomic mass is 10.2. The van der Waals surface area contributed by atoms with Gasteiger partial charge in [0.2, 0.25) is 5.91 Å². The van der Waals surface area contributed by atoms with Crippen molar-refractivity contribution >= 4 is 28.7 Å². The van der Waals surface area contributed by atoms with Gasteiger partial charge in [0.15, 0.2) is 0 Å². The molecule has 2 aromatic carbocycles. The Morgan fingerprint density at radius 3 is 2.37 bits per heavy atom. The van der Waals surface area contributed by atoms with Gasteiger partial charge in [-0.2, -0.15) is 0 Å². The molecule has 0 spiro atoms. The Morgan fingerprint density at radius 2 is 1.77 bits per heavy atom. The van der Waals surface area contributed by atoms with Gasteiger partial charge in [-0.15, -0.1) is 0 Å². The summed E-state index contributed by atoms with van der Waals surface area (Å²) in [6.45, 7) is 3.93. The fraction of sp³-hybridized carbons (Fsp3) is 0.409. The number of rotatable bonds is 7. The maximum atomic E-state index is 12.6. The molecule has 1 aliphatic rings. The maximum absolute atomic E-state index is 12.6. The minimum atomic E-state index is -0.506. The highest BCUT2D eigenvalue weighted by atomic mass is 16.6. The minimum Gasteiger partial charge on any atom is -0.494 e. The number of nitrogens with zero attached hydrogens (tertiary/aromatic N) is 2. The molecule has 0 aliphatic carbocycles. The van der Waals surface area contributed by atoms with E-state index in [1.807, 2.05) is 12.1 Å². The van der Waals surface area contributed by atoms with Crippen LogP contribution in [0.1, 0.15) is 32.6 Å². The maximum Gasteiger partial charge on any atom is 0.273 e. The zero-order valence-corrected chi connectivity index (χ0v) is 17.4. The smallest absolute Gasteiger partial charge is 0.273 e. The third-order valence-corrected chi connectivity index (χ3v) is 5.27. The molecule has 0 bridgehead atoms. The predicted molar refractivity (Wildman–Crippen MR) is 118 cm³/mol. The van der Waals surface area contributed by atoms with Crippen molar-refractivity contribution in [3.63, 3.8) is 0 Å². The van der Waals surface area contributed by atoms with E-state index in [0.29, 0.717) is 5.69 Å². The molecule has 1 fully saturated rings. The molecule has 0 unspecified atom stereocenters. The van der Waals surface area contributed by atoms with E-state index in [2.05, 4.69) is 27.7 Å². The van der Waals surface area contributed by atoms with Gasteiger partial charge in [-0.1, -0.05) is 12.8 Å². The van der Waals surface area contributed by atoms with Gasteiger partial charge in [0, 0.05) is 30.5 Å². The van der Waals surface area contributed by atoms with Crippen molar-refractivity contribution in [3.05, 3.63) is 52.6 Å². The Balaban J connectivity index is 1.61. The van der Waals surface area contributed by atoms with Crippen molar-refractivity contribution in [1.29, 1.82) is 0 Å². The van der Waals surface area contributed by atoms with Crippen LogP contribution in [0.25, 0.3) is 0 Å². The molecule has 1 amide bonds. The lowest BCUT2D eigenvalue weighted by molar-refractivity contribution is -0.384. The number of benzene rings is 2. The van der Waals surface area contributed by atoms with Crippen LogP contribution in [-0.2, 0) is 4.79 Å². The Kier molecular flexibility index (Phi) is 7.11. The number of ether oxygens (including phenoxy) is 1. The molecule has 0 aromatic heterocycles. The standard InChI is InChI=1S/C22H28N4O4/c1-16(22(27)24-20-12-11-19(26(28)29)15-21(20)30-2)23-17-7-9-18(10-8-17)25-13-5-3-4-6-14-25/h7-12,15-16,23H,3-6,13-14H2,1-2H3,(H,24,27)/t16-/m1/s1. The number of anilines is 3. The molecular formula is C22H28N4O4. The van der Waals surface area contributed by atoms with Crippen LogP contribution in [0.5, 0.6) is 5.75 Å². The summed E-state index contributed by atoms with van der Waals surface area (Å²) in [6, 6.07) is 11.7. The van der Waals surface area contributed by atoms with Crippen LogP contribution in [0, 0.1) is 10.1 Å². The molecule has 2 aromatic rings. The zero-order valence-electron chi connectivity index (χ0n) is 17.4. The number of hydrogen-bond acceptors (Lipinski definition) is 6. The molecule has 3 rings (SSSR count). The summed E-state index contributed by atoms with van der Waals surface area (Å²) < 4.78 is 5.17. The molecular weight excluding hydrogens is 384 g/mol. The molecule has 1 atom stereocenters. The highest BCUT2D eigenvalue weighted by molar-refractivity contribution is 5.97. The van der Waals surface area contributed by atoms with E-state index in [0.717, 1.165) is 18.8 Å². The molecule has 0 saturated carbocycles. The SMILES string of the molecule is COc1cc([N+](=O)[O-])ccc1NC(=O)[C@@H](C)Nc1ccc(N2CCCCCC2)cc1. The van der Waals surface area contributed by atoms with E-state index >= 15 is 0 Å². The summed E-state index contributed by atoms with van der Waals surface area (Å²) in [4.78, 5) is 25.4. The number of hydrogen-bond donors (Lipinski definition) is 2. The summed E-state index contributed by atoms with van der Waals surface area (Å²) in [6.07, 6.45) is 5.04. The zero-order chi connectivity index (χ0) is 21.5.